The lowest BCUT2D eigenvalue weighted by molar-refractivity contribution is 0.588. The van der Waals surface area contributed by atoms with E-state index in [2.05, 4.69) is 178 Å². The molecule has 250 valence electrons. The highest BCUT2D eigenvalue weighted by Gasteiger charge is 2.27. The first kappa shape index (κ1) is 31.9. The molecule has 7 aromatic carbocycles. The van der Waals surface area contributed by atoms with Crippen molar-refractivity contribution < 1.29 is 4.42 Å². The molecule has 0 aliphatic rings. The molecular formula is C49H37NOS. The molecular weight excluding hydrogens is 651 g/mol. The van der Waals surface area contributed by atoms with Crippen LogP contribution in [0.2, 0.25) is 0 Å². The Morgan fingerprint density at radius 3 is 2.02 bits per heavy atom. The molecule has 0 fully saturated rings. The highest BCUT2D eigenvalue weighted by atomic mass is 32.1. The number of hydrogen-bond acceptors (Lipinski definition) is 3. The lowest BCUT2D eigenvalue weighted by Crippen LogP contribution is -2.12. The Morgan fingerprint density at radius 1 is 0.596 bits per heavy atom. The van der Waals surface area contributed by atoms with Gasteiger partial charge in [-0.2, -0.15) is 0 Å². The van der Waals surface area contributed by atoms with Gasteiger partial charge >= 0.3 is 0 Å². The van der Waals surface area contributed by atoms with Gasteiger partial charge in [0.15, 0.2) is 0 Å². The van der Waals surface area contributed by atoms with Gasteiger partial charge in [-0.05, 0) is 75.7 Å². The lowest BCUT2D eigenvalue weighted by Gasteiger charge is -2.25. The van der Waals surface area contributed by atoms with E-state index in [-0.39, 0.29) is 12.0 Å². The Morgan fingerprint density at radius 2 is 1.23 bits per heavy atom. The van der Waals surface area contributed by atoms with Crippen LogP contribution in [0.1, 0.15) is 36.6 Å². The number of fused-ring (bicyclic) bond motifs is 6. The van der Waals surface area contributed by atoms with Crippen molar-refractivity contribution in [1.29, 1.82) is 0 Å². The topological polar surface area (TPSA) is 25.5 Å². The van der Waals surface area contributed by atoms with E-state index in [1.807, 2.05) is 11.3 Å². The minimum atomic E-state index is -0.212. The smallest absolute Gasteiger partial charge is 0.135 e. The van der Waals surface area contributed by atoms with Crippen LogP contribution in [0.25, 0.3) is 69.9 Å². The van der Waals surface area contributed by atoms with Crippen LogP contribution in [-0.4, -0.2) is 5.71 Å². The fraction of sp³-hybridized carbons (Fsp3) is 0.0816. The number of furan rings is 1. The zero-order valence-corrected chi connectivity index (χ0v) is 30.0. The maximum Gasteiger partial charge on any atom is 0.135 e. The van der Waals surface area contributed by atoms with E-state index in [1.54, 1.807) is 0 Å². The van der Waals surface area contributed by atoms with Crippen LogP contribution in [0.3, 0.4) is 0 Å². The summed E-state index contributed by atoms with van der Waals surface area (Å²) >= 11 is 1.85. The first-order valence-corrected chi connectivity index (χ1v) is 18.7. The van der Waals surface area contributed by atoms with Crippen LogP contribution in [0, 0.1) is 5.92 Å². The van der Waals surface area contributed by atoms with Crippen molar-refractivity contribution in [3.05, 3.63) is 187 Å². The fourth-order valence-corrected chi connectivity index (χ4v) is 8.87. The highest BCUT2D eigenvalue weighted by Crippen LogP contribution is 2.45. The molecule has 0 saturated heterocycles. The summed E-state index contributed by atoms with van der Waals surface area (Å²) in [5, 5.41) is 4.77. The molecule has 0 aliphatic heterocycles. The van der Waals surface area contributed by atoms with Gasteiger partial charge in [0.2, 0.25) is 0 Å². The van der Waals surface area contributed by atoms with E-state index in [9.17, 15) is 0 Å². The number of hydrogen-bond donors (Lipinski definition) is 0. The molecule has 0 amide bonds. The van der Waals surface area contributed by atoms with Crippen molar-refractivity contribution in [2.75, 3.05) is 0 Å². The molecule has 0 saturated carbocycles. The summed E-state index contributed by atoms with van der Waals surface area (Å²) in [7, 11) is 0. The van der Waals surface area contributed by atoms with Gasteiger partial charge < -0.3 is 4.42 Å². The summed E-state index contributed by atoms with van der Waals surface area (Å²) in [5.41, 5.74) is 12.0. The van der Waals surface area contributed by atoms with Crippen LogP contribution < -0.4 is 0 Å². The second-order valence-electron chi connectivity index (χ2n) is 13.6. The molecule has 0 N–H and O–H groups in total. The van der Waals surface area contributed by atoms with Crippen LogP contribution in [0.4, 0.5) is 0 Å². The quantitative estimate of drug-likeness (QED) is 0.146. The summed E-state index contributed by atoms with van der Waals surface area (Å²) in [6.07, 6.45) is 0. The largest absolute Gasteiger partial charge is 0.456 e. The Kier molecular flexibility index (Phi) is 8.14. The number of benzene rings is 7. The third-order valence-electron chi connectivity index (χ3n) is 10.5. The van der Waals surface area contributed by atoms with Gasteiger partial charge in [-0.25, -0.2) is 0 Å². The summed E-state index contributed by atoms with van der Waals surface area (Å²) < 4.78 is 9.12. The van der Waals surface area contributed by atoms with Gasteiger partial charge in [-0.15, -0.1) is 11.3 Å². The van der Waals surface area contributed by atoms with Gasteiger partial charge in [0.05, 0.1) is 6.04 Å². The maximum absolute atomic E-state index is 6.55. The molecule has 9 rings (SSSR count). The van der Waals surface area contributed by atoms with Crippen LogP contribution >= 0.6 is 11.3 Å². The summed E-state index contributed by atoms with van der Waals surface area (Å²) in [6, 6.07) is 57.9. The summed E-state index contributed by atoms with van der Waals surface area (Å²) in [6.45, 7) is 9.20. The van der Waals surface area contributed by atoms with Crippen LogP contribution in [0.15, 0.2) is 180 Å². The Labute approximate surface area is 308 Å². The normalized spacial score (nSPS) is 13.2. The molecule has 2 unspecified atom stereocenters. The van der Waals surface area contributed by atoms with E-state index < -0.39 is 0 Å². The predicted octanol–water partition coefficient (Wildman–Crippen LogP) is 14.2. The molecule has 0 spiro atoms. The van der Waals surface area contributed by atoms with E-state index in [0.29, 0.717) is 0 Å². The summed E-state index contributed by atoms with van der Waals surface area (Å²) in [5.74, 6) is -0.0151. The molecule has 2 nitrogen and oxygen atoms in total. The number of thiophene rings is 1. The van der Waals surface area contributed by atoms with Gasteiger partial charge in [0.25, 0.3) is 0 Å². The molecule has 0 aliphatic carbocycles. The van der Waals surface area contributed by atoms with Gasteiger partial charge in [0, 0.05) is 42.6 Å². The van der Waals surface area contributed by atoms with E-state index in [4.69, 9.17) is 16.0 Å². The molecule has 52 heavy (non-hydrogen) atoms. The Balaban J connectivity index is 1.18. The van der Waals surface area contributed by atoms with Crippen molar-refractivity contribution in [2.24, 2.45) is 10.9 Å². The van der Waals surface area contributed by atoms with Crippen molar-refractivity contribution in [3.63, 3.8) is 0 Å². The average molecular weight is 688 g/mol. The molecule has 2 atom stereocenters. The number of aliphatic imine (C=N–C) groups is 1. The monoisotopic (exact) mass is 687 g/mol. The second-order valence-corrected chi connectivity index (χ2v) is 14.6. The first-order chi connectivity index (χ1) is 25.5. The van der Waals surface area contributed by atoms with Crippen molar-refractivity contribution >= 4 is 64.7 Å². The van der Waals surface area contributed by atoms with E-state index >= 15 is 0 Å². The SMILES string of the molecule is C=C(c1cccc2c1sc1ccccc12)C(C)C(/N=C(\C)c1ccccc1)c1cccc2oc3ccc(-c4ccc(-c5ccccc5)cc4)cc3c12. The zero-order valence-electron chi connectivity index (χ0n) is 29.2. The van der Waals surface area contributed by atoms with Gasteiger partial charge in [0.1, 0.15) is 11.2 Å². The van der Waals surface area contributed by atoms with Gasteiger partial charge in [-0.1, -0.05) is 153 Å². The zero-order chi connectivity index (χ0) is 35.2. The number of nitrogens with zero attached hydrogens (tertiary/aromatic N) is 1. The van der Waals surface area contributed by atoms with Crippen molar-refractivity contribution in [1.82, 2.24) is 0 Å². The Bertz CT molecular complexity index is 2770. The molecule has 0 bridgehead atoms. The minimum absolute atomic E-state index is 0.0151. The van der Waals surface area contributed by atoms with Crippen LogP contribution in [0.5, 0.6) is 0 Å². The third kappa shape index (κ3) is 5.64. The standard InChI is InChI=1S/C49H37NOS/c1-31(39-19-12-20-41-40-18-10-11-23-46(40)52-49(39)41)32(2)48(50-33(3)34-14-6-4-7-15-34)42-21-13-22-45-47(42)43-30-38(28-29-44(43)51-45)37-26-24-36(25-27-37)35-16-8-5-9-17-35/h4-30,32,48H,1H2,2-3H3/b50-33+. The molecule has 2 aromatic heterocycles. The first-order valence-electron chi connectivity index (χ1n) is 17.8. The van der Waals surface area contributed by atoms with Crippen molar-refractivity contribution in [3.8, 4) is 22.3 Å². The number of rotatable bonds is 8. The lowest BCUT2D eigenvalue weighted by atomic mass is 9.83. The molecule has 0 radical (unpaired) electrons. The molecule has 2 heterocycles. The highest BCUT2D eigenvalue weighted by molar-refractivity contribution is 7.26. The average Bonchev–Trinajstić information content (AvgIpc) is 3.78. The minimum Gasteiger partial charge on any atom is -0.456 e. The maximum atomic E-state index is 6.55. The van der Waals surface area contributed by atoms with E-state index in [1.165, 1.54) is 42.4 Å². The van der Waals surface area contributed by atoms with Crippen molar-refractivity contribution in [2.45, 2.75) is 19.9 Å². The van der Waals surface area contributed by atoms with Crippen LogP contribution in [-0.2, 0) is 0 Å². The Hall–Kier alpha value is -6.03. The molecule has 3 heteroatoms. The summed E-state index contributed by atoms with van der Waals surface area (Å²) in [4.78, 5) is 5.56. The fourth-order valence-electron chi connectivity index (χ4n) is 7.62. The van der Waals surface area contributed by atoms with Gasteiger partial charge in [-0.3, -0.25) is 4.99 Å². The third-order valence-corrected chi connectivity index (χ3v) is 11.7. The van der Waals surface area contributed by atoms with E-state index in [0.717, 1.165) is 49.9 Å². The second kappa shape index (κ2) is 13.3. The molecule has 9 aromatic rings. The predicted molar refractivity (Wildman–Crippen MR) is 224 cm³/mol.